The Balaban J connectivity index is 1.66. The second kappa shape index (κ2) is 11.8. The highest BCUT2D eigenvalue weighted by Gasteiger charge is 2.33. The molecule has 2 N–H and O–H groups in total. The zero-order valence-corrected chi connectivity index (χ0v) is 21.1. The number of ether oxygens (including phenoxy) is 2. The summed E-state index contributed by atoms with van der Waals surface area (Å²) in [5.41, 5.74) is 1.14. The zero-order valence-electron chi connectivity index (χ0n) is 19.6. The fraction of sp³-hybridized carbons (Fsp3) is 0.636. The number of amides is 1. The summed E-state index contributed by atoms with van der Waals surface area (Å²) < 4.78 is 11.1. The van der Waals surface area contributed by atoms with E-state index in [1.807, 2.05) is 13.8 Å². The Hall–Kier alpha value is -2.17. The first-order valence-electron chi connectivity index (χ1n) is 11.4. The van der Waals surface area contributed by atoms with Gasteiger partial charge in [0.1, 0.15) is 0 Å². The normalized spacial score (nSPS) is 18.4. The average Bonchev–Trinajstić information content (AvgIpc) is 3.43. The fourth-order valence-electron chi connectivity index (χ4n) is 3.71. The van der Waals surface area contributed by atoms with Gasteiger partial charge in [0, 0.05) is 25.1 Å². The molecule has 0 unspecified atom stereocenters. The molecule has 9 nitrogen and oxygen atoms in total. The number of hydrogen-bond donors (Lipinski definition) is 2. The number of nitrogens with one attached hydrogen (secondary N) is 2. The Morgan fingerprint density at radius 2 is 2.06 bits per heavy atom. The smallest absolute Gasteiger partial charge is 0.358 e. The summed E-state index contributed by atoms with van der Waals surface area (Å²) in [6.07, 6.45) is 3.60. The van der Waals surface area contributed by atoms with E-state index in [1.54, 1.807) is 7.11 Å². The first-order valence-corrected chi connectivity index (χ1v) is 12.6. The molecule has 1 saturated heterocycles. The Labute approximate surface area is 203 Å². The van der Waals surface area contributed by atoms with E-state index in [9.17, 15) is 9.59 Å². The Morgan fingerprint density at radius 3 is 2.70 bits per heavy atom. The number of anilines is 1. The van der Waals surface area contributed by atoms with E-state index in [4.69, 9.17) is 21.1 Å². The molecule has 1 amide bonds. The number of aryl methyl sites for hydroxylation is 2. The molecule has 0 radical (unpaired) electrons. The van der Waals surface area contributed by atoms with Gasteiger partial charge in [0.2, 0.25) is 0 Å². The van der Waals surface area contributed by atoms with Gasteiger partial charge in [0.15, 0.2) is 21.8 Å². The maximum absolute atomic E-state index is 12.7. The first-order chi connectivity index (χ1) is 15.9. The number of imidazole rings is 1. The predicted octanol–water partition coefficient (Wildman–Crippen LogP) is 3.63. The number of carbonyl (C=O) groups excluding carboxylic acids is 2. The largest absolute Gasteiger partial charge is 0.461 e. The minimum Gasteiger partial charge on any atom is -0.461 e. The molecule has 11 heteroatoms. The van der Waals surface area contributed by atoms with Crippen LogP contribution in [0.3, 0.4) is 0 Å². The molecule has 3 rings (SSSR count). The number of esters is 1. The molecule has 0 aromatic carbocycles. The molecule has 0 spiro atoms. The summed E-state index contributed by atoms with van der Waals surface area (Å²) in [7, 11) is 1.63. The molecule has 0 aliphatic carbocycles. The molecule has 1 aliphatic heterocycles. The molecule has 1 fully saturated rings. The van der Waals surface area contributed by atoms with Gasteiger partial charge in [0.05, 0.1) is 24.4 Å². The maximum Gasteiger partial charge on any atom is 0.358 e. The lowest BCUT2D eigenvalue weighted by atomic mass is 10.0. The molecule has 0 saturated carbocycles. The van der Waals surface area contributed by atoms with Crippen LogP contribution in [0, 0.1) is 0 Å². The van der Waals surface area contributed by atoms with Crippen LogP contribution >= 0.6 is 22.9 Å². The summed E-state index contributed by atoms with van der Waals surface area (Å²) in [5.74, 6) is -0.471. The first kappa shape index (κ1) is 25.5. The third-order valence-corrected chi connectivity index (χ3v) is 7.25. The van der Waals surface area contributed by atoms with Gasteiger partial charge in [-0.2, -0.15) is 0 Å². The number of carbonyl (C=O) groups is 2. The number of unbranched alkanes of at least 4 members (excludes halogenated alkanes) is 1. The third-order valence-electron chi connectivity index (χ3n) is 5.68. The second-order valence-corrected chi connectivity index (χ2v) is 9.33. The van der Waals surface area contributed by atoms with Gasteiger partial charge in [-0.15, -0.1) is 11.3 Å². The average molecular weight is 498 g/mol. The summed E-state index contributed by atoms with van der Waals surface area (Å²) in [6.45, 7) is 7.62. The number of aromatic amines is 1. The number of H-pyrrole nitrogens is 1. The van der Waals surface area contributed by atoms with Gasteiger partial charge in [0.25, 0.3) is 5.91 Å². The van der Waals surface area contributed by atoms with Crippen molar-refractivity contribution in [3.8, 4) is 0 Å². The van der Waals surface area contributed by atoms with E-state index in [1.165, 1.54) is 11.3 Å². The monoisotopic (exact) mass is 497 g/mol. The van der Waals surface area contributed by atoms with E-state index in [0.717, 1.165) is 28.5 Å². The Bertz CT molecular complexity index is 963. The van der Waals surface area contributed by atoms with E-state index in [2.05, 4.69) is 32.1 Å². The van der Waals surface area contributed by atoms with Gasteiger partial charge in [-0.25, -0.2) is 14.8 Å². The van der Waals surface area contributed by atoms with Crippen molar-refractivity contribution < 1.29 is 19.1 Å². The van der Waals surface area contributed by atoms with E-state index >= 15 is 0 Å². The molecule has 3 heterocycles. The van der Waals surface area contributed by atoms with Gasteiger partial charge in [-0.1, -0.05) is 38.8 Å². The lowest BCUT2D eigenvalue weighted by molar-refractivity contribution is 0.0491. The van der Waals surface area contributed by atoms with Crippen molar-refractivity contribution in [3.63, 3.8) is 0 Å². The minimum atomic E-state index is -0.364. The van der Waals surface area contributed by atoms with Crippen molar-refractivity contribution in [1.82, 2.24) is 20.3 Å². The molecule has 2 aromatic heterocycles. The molecule has 182 valence electrons. The number of halogens is 1. The van der Waals surface area contributed by atoms with Crippen LogP contribution in [0.15, 0.2) is 0 Å². The molecule has 1 aliphatic rings. The van der Waals surface area contributed by atoms with Gasteiger partial charge in [-0.3, -0.25) is 4.79 Å². The van der Waals surface area contributed by atoms with Crippen LogP contribution in [0.4, 0.5) is 5.13 Å². The van der Waals surface area contributed by atoms with Crippen molar-refractivity contribution in [2.45, 2.75) is 65.0 Å². The number of nitrogens with zero attached hydrogens (tertiary/aromatic N) is 3. The van der Waals surface area contributed by atoms with Crippen LogP contribution in [0.25, 0.3) is 0 Å². The van der Waals surface area contributed by atoms with Crippen LogP contribution in [-0.2, 0) is 22.3 Å². The molecule has 0 bridgehead atoms. The molecular weight excluding hydrogens is 466 g/mol. The second-order valence-electron chi connectivity index (χ2n) is 7.91. The van der Waals surface area contributed by atoms with Crippen molar-refractivity contribution in [1.29, 1.82) is 0 Å². The van der Waals surface area contributed by atoms with Crippen molar-refractivity contribution in [3.05, 3.63) is 27.2 Å². The molecule has 2 aromatic rings. The Kier molecular flexibility index (Phi) is 9.10. The SMILES string of the molecule is CCCCOC(=O)c1nc(N2CC[C@H](NC(=O)c3nc(Cl)c(CC)[nH]3)[C@H](OC)C2)sc1CC. The topological polar surface area (TPSA) is 109 Å². The molecule has 33 heavy (non-hydrogen) atoms. The number of piperidine rings is 1. The number of hydrogen-bond acceptors (Lipinski definition) is 8. The highest BCUT2D eigenvalue weighted by Crippen LogP contribution is 2.30. The number of rotatable bonds is 10. The summed E-state index contributed by atoms with van der Waals surface area (Å²) in [5, 5.41) is 4.10. The van der Waals surface area contributed by atoms with Crippen LogP contribution < -0.4 is 10.2 Å². The minimum absolute atomic E-state index is 0.184. The fourth-order valence-corrected chi connectivity index (χ4v) is 5.00. The number of aromatic nitrogens is 3. The van der Waals surface area contributed by atoms with Crippen LogP contribution in [0.1, 0.15) is 71.7 Å². The van der Waals surface area contributed by atoms with Crippen LogP contribution in [0.5, 0.6) is 0 Å². The van der Waals surface area contributed by atoms with Crippen LogP contribution in [0.2, 0.25) is 5.15 Å². The quantitative estimate of drug-likeness (QED) is 0.381. The van der Waals surface area contributed by atoms with E-state index in [-0.39, 0.29) is 29.8 Å². The number of methoxy groups -OCH3 is 1. The summed E-state index contributed by atoms with van der Waals surface area (Å²) >= 11 is 7.57. The van der Waals surface area contributed by atoms with Gasteiger partial charge in [-0.05, 0) is 25.7 Å². The summed E-state index contributed by atoms with van der Waals surface area (Å²) in [4.78, 5) is 39.9. The van der Waals surface area contributed by atoms with Crippen molar-refractivity contribution in [2.24, 2.45) is 0 Å². The highest BCUT2D eigenvalue weighted by atomic mass is 35.5. The molecule has 2 atom stereocenters. The zero-order chi connectivity index (χ0) is 24.0. The third kappa shape index (κ3) is 6.04. The van der Waals surface area contributed by atoms with E-state index < -0.39 is 0 Å². The highest BCUT2D eigenvalue weighted by molar-refractivity contribution is 7.15. The van der Waals surface area contributed by atoms with Gasteiger partial charge < -0.3 is 24.7 Å². The lowest BCUT2D eigenvalue weighted by Crippen LogP contribution is -2.55. The van der Waals surface area contributed by atoms with Gasteiger partial charge >= 0.3 is 5.97 Å². The molecular formula is C22H32ClN5O4S. The van der Waals surface area contributed by atoms with Crippen molar-refractivity contribution >= 4 is 39.9 Å². The maximum atomic E-state index is 12.7. The standard InChI is InChI=1S/C22H32ClN5O4S/c1-5-8-11-32-21(30)17-16(7-3)33-22(26-17)28-10-9-14(15(12-28)31-4)25-20(29)19-24-13(6-2)18(23)27-19/h14-15H,5-12H2,1-4H3,(H,24,27)(H,25,29)/t14-,15+/m0/s1. The van der Waals surface area contributed by atoms with E-state index in [0.29, 0.717) is 49.8 Å². The Morgan fingerprint density at radius 1 is 1.27 bits per heavy atom. The number of thiazole rings is 1. The van der Waals surface area contributed by atoms with Crippen molar-refractivity contribution in [2.75, 3.05) is 31.7 Å². The predicted molar refractivity (Wildman–Crippen MR) is 129 cm³/mol. The van der Waals surface area contributed by atoms with Crippen LogP contribution in [-0.4, -0.2) is 65.8 Å². The lowest BCUT2D eigenvalue weighted by Gasteiger charge is -2.37. The summed E-state index contributed by atoms with van der Waals surface area (Å²) in [6, 6.07) is -0.184.